The maximum Gasteiger partial charge on any atom is 0.159 e. The van der Waals surface area contributed by atoms with Crippen LogP contribution in [-0.2, 0) is 6.42 Å². The smallest absolute Gasteiger partial charge is 0.159 e. The van der Waals surface area contributed by atoms with Gasteiger partial charge in [0, 0.05) is 4.47 Å². The summed E-state index contributed by atoms with van der Waals surface area (Å²) in [5, 5.41) is -0.287. The molecular weight excluding hydrogens is 322 g/mol. The molecule has 0 aliphatic rings. The van der Waals surface area contributed by atoms with Crippen molar-refractivity contribution in [3.05, 3.63) is 69.7 Å². The molecule has 0 spiro atoms. The Labute approximate surface area is 118 Å². The van der Waals surface area contributed by atoms with E-state index in [0.29, 0.717) is 12.0 Å². The van der Waals surface area contributed by atoms with Crippen molar-refractivity contribution in [3.8, 4) is 0 Å². The molecule has 94 valence electrons. The van der Waals surface area contributed by atoms with Gasteiger partial charge in [0.15, 0.2) is 11.6 Å². The van der Waals surface area contributed by atoms with Crippen LogP contribution in [0.3, 0.4) is 0 Å². The largest absolute Gasteiger partial charge is 0.204 e. The molecule has 1 atom stereocenters. The molecule has 0 fully saturated rings. The van der Waals surface area contributed by atoms with E-state index in [4.69, 9.17) is 11.6 Å². The van der Waals surface area contributed by atoms with Crippen molar-refractivity contribution in [2.75, 3.05) is 0 Å². The van der Waals surface area contributed by atoms with Gasteiger partial charge in [0.1, 0.15) is 0 Å². The van der Waals surface area contributed by atoms with E-state index < -0.39 is 11.6 Å². The summed E-state index contributed by atoms with van der Waals surface area (Å²) in [6, 6.07) is 11.4. The number of rotatable bonds is 3. The zero-order valence-electron chi connectivity index (χ0n) is 9.34. The van der Waals surface area contributed by atoms with E-state index in [9.17, 15) is 8.78 Å². The van der Waals surface area contributed by atoms with E-state index in [1.54, 1.807) is 6.07 Å². The molecule has 1 unspecified atom stereocenters. The van der Waals surface area contributed by atoms with Crippen LogP contribution >= 0.6 is 27.5 Å². The van der Waals surface area contributed by atoms with Gasteiger partial charge in [-0.2, -0.15) is 0 Å². The van der Waals surface area contributed by atoms with Gasteiger partial charge < -0.3 is 0 Å². The standard InChI is InChI=1S/C14H10BrClF2/c15-11-4-2-1-3-10(11)12(16)7-9-5-6-13(17)14(18)8-9/h1-6,8,12H,7H2. The first-order valence-electron chi connectivity index (χ1n) is 5.40. The van der Waals surface area contributed by atoms with Crippen LogP contribution in [0, 0.1) is 11.6 Å². The minimum absolute atomic E-state index is 0.287. The first-order chi connectivity index (χ1) is 8.58. The third-order valence-corrected chi connectivity index (χ3v) is 3.75. The van der Waals surface area contributed by atoms with Gasteiger partial charge in [-0.1, -0.05) is 40.2 Å². The molecule has 2 aromatic rings. The third-order valence-electron chi connectivity index (χ3n) is 2.64. The molecule has 0 nitrogen and oxygen atoms in total. The van der Waals surface area contributed by atoms with E-state index in [2.05, 4.69) is 15.9 Å². The molecule has 2 aromatic carbocycles. The van der Waals surface area contributed by atoms with Crippen LogP contribution in [0.25, 0.3) is 0 Å². The van der Waals surface area contributed by atoms with Gasteiger partial charge in [0.05, 0.1) is 5.38 Å². The molecular formula is C14H10BrClF2. The van der Waals surface area contributed by atoms with Crippen molar-refractivity contribution in [1.29, 1.82) is 0 Å². The fourth-order valence-electron chi connectivity index (χ4n) is 1.71. The van der Waals surface area contributed by atoms with Crippen LogP contribution in [-0.4, -0.2) is 0 Å². The zero-order valence-corrected chi connectivity index (χ0v) is 11.7. The molecule has 0 N–H and O–H groups in total. The Hall–Kier alpha value is -0.930. The highest BCUT2D eigenvalue weighted by atomic mass is 79.9. The van der Waals surface area contributed by atoms with Crippen LogP contribution in [0.4, 0.5) is 8.78 Å². The summed E-state index contributed by atoms with van der Waals surface area (Å²) in [6.07, 6.45) is 0.446. The van der Waals surface area contributed by atoms with Gasteiger partial charge >= 0.3 is 0 Å². The molecule has 18 heavy (non-hydrogen) atoms. The minimum atomic E-state index is -0.844. The highest BCUT2D eigenvalue weighted by Gasteiger charge is 2.13. The number of alkyl halides is 1. The fraction of sp³-hybridized carbons (Fsp3) is 0.143. The molecule has 0 aliphatic carbocycles. The number of hydrogen-bond donors (Lipinski definition) is 0. The van der Waals surface area contributed by atoms with Gasteiger partial charge in [-0.15, -0.1) is 11.6 Å². The summed E-state index contributed by atoms with van der Waals surface area (Å²) in [5.74, 6) is -1.69. The summed E-state index contributed by atoms with van der Waals surface area (Å²) < 4.78 is 26.8. The molecule has 0 saturated carbocycles. The van der Waals surface area contributed by atoms with Crippen molar-refractivity contribution < 1.29 is 8.78 Å². The molecule has 0 bridgehead atoms. The molecule has 0 saturated heterocycles. The molecule has 0 aromatic heterocycles. The monoisotopic (exact) mass is 330 g/mol. The molecule has 0 heterocycles. The Morgan fingerprint density at radius 2 is 1.78 bits per heavy atom. The van der Waals surface area contributed by atoms with Crippen LogP contribution in [0.5, 0.6) is 0 Å². The molecule has 0 amide bonds. The Kier molecular flexibility index (Phi) is 4.36. The predicted octanol–water partition coefficient (Wildman–Crippen LogP) is 5.25. The Balaban J connectivity index is 2.19. The summed E-state index contributed by atoms with van der Waals surface area (Å²) >= 11 is 9.71. The van der Waals surface area contributed by atoms with Crippen LogP contribution in [0.15, 0.2) is 46.9 Å². The second-order valence-corrected chi connectivity index (χ2v) is 5.32. The predicted molar refractivity (Wildman–Crippen MR) is 72.8 cm³/mol. The first kappa shape index (κ1) is 13.5. The Morgan fingerprint density at radius 1 is 1.06 bits per heavy atom. The molecule has 2 rings (SSSR count). The van der Waals surface area contributed by atoms with Crippen molar-refractivity contribution >= 4 is 27.5 Å². The summed E-state index contributed by atoms with van der Waals surface area (Å²) in [6.45, 7) is 0. The van der Waals surface area contributed by atoms with E-state index in [0.717, 1.165) is 16.1 Å². The van der Waals surface area contributed by atoms with Crippen LogP contribution in [0.2, 0.25) is 0 Å². The average molecular weight is 332 g/mol. The Bertz CT molecular complexity index is 557. The van der Waals surface area contributed by atoms with Gasteiger partial charge in [-0.3, -0.25) is 0 Å². The molecule has 4 heteroatoms. The summed E-state index contributed by atoms with van der Waals surface area (Å²) in [7, 11) is 0. The normalized spacial score (nSPS) is 12.4. The van der Waals surface area contributed by atoms with Gasteiger partial charge in [0.2, 0.25) is 0 Å². The molecule has 0 radical (unpaired) electrons. The topological polar surface area (TPSA) is 0 Å². The number of benzene rings is 2. The van der Waals surface area contributed by atoms with E-state index in [-0.39, 0.29) is 5.38 Å². The summed E-state index contributed by atoms with van der Waals surface area (Å²) in [4.78, 5) is 0. The fourth-order valence-corrected chi connectivity index (χ4v) is 2.77. The molecule has 0 aliphatic heterocycles. The lowest BCUT2D eigenvalue weighted by Crippen LogP contribution is -1.98. The first-order valence-corrected chi connectivity index (χ1v) is 6.63. The SMILES string of the molecule is Fc1ccc(CC(Cl)c2ccccc2Br)cc1F. The highest BCUT2D eigenvalue weighted by molar-refractivity contribution is 9.10. The summed E-state index contributed by atoms with van der Waals surface area (Å²) in [5.41, 5.74) is 1.61. The van der Waals surface area contributed by atoms with Crippen molar-refractivity contribution in [3.63, 3.8) is 0 Å². The maximum absolute atomic E-state index is 13.1. The van der Waals surface area contributed by atoms with Gasteiger partial charge in [-0.05, 0) is 35.7 Å². The Morgan fingerprint density at radius 3 is 2.44 bits per heavy atom. The van der Waals surface area contributed by atoms with Gasteiger partial charge in [-0.25, -0.2) is 8.78 Å². The minimum Gasteiger partial charge on any atom is -0.204 e. The lowest BCUT2D eigenvalue weighted by atomic mass is 10.0. The van der Waals surface area contributed by atoms with Crippen molar-refractivity contribution in [1.82, 2.24) is 0 Å². The quantitative estimate of drug-likeness (QED) is 0.674. The van der Waals surface area contributed by atoms with Crippen molar-refractivity contribution in [2.24, 2.45) is 0 Å². The number of hydrogen-bond acceptors (Lipinski definition) is 0. The van der Waals surface area contributed by atoms with Gasteiger partial charge in [0.25, 0.3) is 0 Å². The van der Waals surface area contributed by atoms with Crippen LogP contribution in [0.1, 0.15) is 16.5 Å². The average Bonchev–Trinajstić information content (AvgIpc) is 2.34. The lowest BCUT2D eigenvalue weighted by Gasteiger charge is -2.12. The third kappa shape index (κ3) is 3.09. The van der Waals surface area contributed by atoms with E-state index >= 15 is 0 Å². The lowest BCUT2D eigenvalue weighted by molar-refractivity contribution is 0.507. The zero-order chi connectivity index (χ0) is 13.1. The van der Waals surface area contributed by atoms with E-state index in [1.165, 1.54) is 6.07 Å². The highest BCUT2D eigenvalue weighted by Crippen LogP contribution is 2.30. The second kappa shape index (κ2) is 5.81. The maximum atomic E-state index is 13.1. The second-order valence-electron chi connectivity index (χ2n) is 3.94. The number of halogens is 4. The van der Waals surface area contributed by atoms with Crippen molar-refractivity contribution in [2.45, 2.75) is 11.8 Å². The van der Waals surface area contributed by atoms with Crippen LogP contribution < -0.4 is 0 Å². The van der Waals surface area contributed by atoms with E-state index in [1.807, 2.05) is 24.3 Å².